The lowest BCUT2D eigenvalue weighted by molar-refractivity contribution is 0.0392. The van der Waals surface area contributed by atoms with Gasteiger partial charge >= 0.3 is 0 Å². The lowest BCUT2D eigenvalue weighted by Crippen LogP contribution is -2.46. The molecule has 0 aliphatic carbocycles. The number of aryl methyl sites for hydroxylation is 1. The molecule has 2 rings (SSSR count). The highest BCUT2D eigenvalue weighted by atomic mass is 35.5. The van der Waals surface area contributed by atoms with Gasteiger partial charge in [0.15, 0.2) is 0 Å². The van der Waals surface area contributed by atoms with Crippen LogP contribution in [-0.2, 0) is 20.6 Å². The third kappa shape index (κ3) is 2.42. The molecule has 5 nitrogen and oxygen atoms in total. The fraction of sp³-hybridized carbons (Fsp3) is 0.636. The van der Waals surface area contributed by atoms with Crippen LogP contribution < -0.4 is 0 Å². The van der Waals surface area contributed by atoms with Crippen molar-refractivity contribution in [3.05, 3.63) is 17.6 Å². The second kappa shape index (κ2) is 5.21. The summed E-state index contributed by atoms with van der Waals surface area (Å²) in [7, 11) is -3.53. The number of furan rings is 1. The normalized spacial score (nSPS) is 22.3. The molecule has 0 amide bonds. The molecule has 102 valence electrons. The highest BCUT2D eigenvalue weighted by Crippen LogP contribution is 2.26. The van der Waals surface area contributed by atoms with Gasteiger partial charge < -0.3 is 9.15 Å². The predicted octanol–water partition coefficient (Wildman–Crippen LogP) is 1.74. The maximum atomic E-state index is 12.5. The molecule has 0 spiro atoms. The number of alkyl halides is 1. The Kier molecular flexibility index (Phi) is 4.01. The van der Waals surface area contributed by atoms with E-state index < -0.39 is 10.0 Å². The van der Waals surface area contributed by atoms with Crippen LogP contribution in [0.1, 0.15) is 18.4 Å². The zero-order valence-electron chi connectivity index (χ0n) is 10.3. The van der Waals surface area contributed by atoms with Gasteiger partial charge in [-0.05, 0) is 13.8 Å². The van der Waals surface area contributed by atoms with Crippen molar-refractivity contribution in [3.8, 4) is 0 Å². The summed E-state index contributed by atoms with van der Waals surface area (Å²) in [6, 6.07) is 1.33. The minimum absolute atomic E-state index is 0.162. The summed E-state index contributed by atoms with van der Waals surface area (Å²) in [5.74, 6) is 1.01. The maximum absolute atomic E-state index is 12.5. The summed E-state index contributed by atoms with van der Waals surface area (Å²) < 4.78 is 37.0. The van der Waals surface area contributed by atoms with Gasteiger partial charge in [0, 0.05) is 18.7 Å². The molecule has 0 saturated carbocycles. The van der Waals surface area contributed by atoms with Crippen LogP contribution in [0.4, 0.5) is 0 Å². The number of nitrogens with zero attached hydrogens (tertiary/aromatic N) is 1. The predicted molar refractivity (Wildman–Crippen MR) is 67.2 cm³/mol. The van der Waals surface area contributed by atoms with Crippen molar-refractivity contribution in [2.75, 3.05) is 19.8 Å². The fourth-order valence-electron chi connectivity index (χ4n) is 2.04. The third-order valence-corrected chi connectivity index (χ3v) is 5.33. The molecule has 1 aliphatic rings. The van der Waals surface area contributed by atoms with Gasteiger partial charge in [-0.2, -0.15) is 4.31 Å². The van der Waals surface area contributed by atoms with E-state index in [4.69, 9.17) is 20.8 Å². The van der Waals surface area contributed by atoms with Crippen LogP contribution in [0.15, 0.2) is 15.4 Å². The standard InChI is InChI=1S/C11H16ClNO4S/c1-8-7-16-4-3-13(8)18(14,15)11-5-10(6-12)17-9(11)2/h5,8H,3-4,6-7H2,1-2H3. The lowest BCUT2D eigenvalue weighted by Gasteiger charge is -2.31. The van der Waals surface area contributed by atoms with Gasteiger partial charge in [-0.25, -0.2) is 8.42 Å². The molecule has 18 heavy (non-hydrogen) atoms. The molecule has 1 fully saturated rings. The monoisotopic (exact) mass is 293 g/mol. The minimum atomic E-state index is -3.53. The Balaban J connectivity index is 2.37. The van der Waals surface area contributed by atoms with Crippen molar-refractivity contribution < 1.29 is 17.6 Å². The second-order valence-electron chi connectivity index (χ2n) is 4.31. The highest BCUT2D eigenvalue weighted by Gasteiger charge is 2.34. The van der Waals surface area contributed by atoms with Crippen LogP contribution >= 0.6 is 11.6 Å². The first-order valence-electron chi connectivity index (χ1n) is 5.71. The Hall–Kier alpha value is -0.560. The summed E-state index contributed by atoms with van der Waals surface area (Å²) in [5, 5.41) is 0. The van der Waals surface area contributed by atoms with Crippen molar-refractivity contribution >= 4 is 21.6 Å². The molecule has 0 radical (unpaired) electrons. The van der Waals surface area contributed by atoms with E-state index in [0.717, 1.165) is 0 Å². The number of halogens is 1. The Morgan fingerprint density at radius 2 is 2.28 bits per heavy atom. The second-order valence-corrected chi connectivity index (χ2v) is 6.43. The van der Waals surface area contributed by atoms with E-state index in [1.54, 1.807) is 6.92 Å². The number of morpholine rings is 1. The van der Waals surface area contributed by atoms with E-state index in [2.05, 4.69) is 0 Å². The van der Waals surface area contributed by atoms with Crippen molar-refractivity contribution in [1.82, 2.24) is 4.31 Å². The molecule has 0 N–H and O–H groups in total. The number of rotatable bonds is 3. The van der Waals surface area contributed by atoms with Crippen LogP contribution in [0, 0.1) is 6.92 Å². The van der Waals surface area contributed by atoms with Gasteiger partial charge in [0.05, 0.1) is 19.1 Å². The van der Waals surface area contributed by atoms with Crippen molar-refractivity contribution in [2.24, 2.45) is 0 Å². The zero-order valence-corrected chi connectivity index (χ0v) is 11.9. The Morgan fingerprint density at radius 1 is 1.56 bits per heavy atom. The Labute approximate surface area is 112 Å². The average molecular weight is 294 g/mol. The van der Waals surface area contributed by atoms with Gasteiger partial charge in [-0.15, -0.1) is 11.6 Å². The molecule has 0 bridgehead atoms. The van der Waals surface area contributed by atoms with Gasteiger partial charge in [-0.3, -0.25) is 0 Å². The quantitative estimate of drug-likeness (QED) is 0.797. The minimum Gasteiger partial charge on any atom is -0.464 e. The molecule has 1 atom stereocenters. The molecule has 7 heteroatoms. The first-order chi connectivity index (χ1) is 8.46. The molecule has 1 aromatic rings. The Morgan fingerprint density at radius 3 is 2.83 bits per heavy atom. The van der Waals surface area contributed by atoms with Crippen molar-refractivity contribution in [3.63, 3.8) is 0 Å². The third-order valence-electron chi connectivity index (χ3n) is 2.95. The van der Waals surface area contributed by atoms with Crippen LogP contribution in [0.25, 0.3) is 0 Å². The molecule has 2 heterocycles. The van der Waals surface area contributed by atoms with Gasteiger partial charge in [0.1, 0.15) is 16.4 Å². The van der Waals surface area contributed by atoms with E-state index in [0.29, 0.717) is 31.3 Å². The van der Waals surface area contributed by atoms with Crippen molar-refractivity contribution in [2.45, 2.75) is 30.7 Å². The molecular formula is C11H16ClNO4S. The van der Waals surface area contributed by atoms with Crippen LogP contribution in [0.5, 0.6) is 0 Å². The zero-order chi connectivity index (χ0) is 13.3. The van der Waals surface area contributed by atoms with Crippen LogP contribution in [-0.4, -0.2) is 38.5 Å². The lowest BCUT2D eigenvalue weighted by atomic mass is 10.3. The van der Waals surface area contributed by atoms with E-state index >= 15 is 0 Å². The largest absolute Gasteiger partial charge is 0.464 e. The van der Waals surface area contributed by atoms with Gasteiger partial charge in [0.25, 0.3) is 0 Å². The van der Waals surface area contributed by atoms with Crippen molar-refractivity contribution in [1.29, 1.82) is 0 Å². The van der Waals surface area contributed by atoms with Gasteiger partial charge in [-0.1, -0.05) is 0 Å². The molecule has 0 aromatic carbocycles. The number of ether oxygens (including phenoxy) is 1. The molecule has 1 aromatic heterocycles. The average Bonchev–Trinajstić information content (AvgIpc) is 2.71. The number of sulfonamides is 1. The van der Waals surface area contributed by atoms with Crippen LogP contribution in [0.3, 0.4) is 0 Å². The topological polar surface area (TPSA) is 59.8 Å². The Bertz CT molecular complexity index is 525. The summed E-state index contributed by atoms with van der Waals surface area (Å²) in [6.45, 7) is 4.66. The molecule has 1 saturated heterocycles. The maximum Gasteiger partial charge on any atom is 0.246 e. The fourth-order valence-corrected chi connectivity index (χ4v) is 3.96. The molecular weight excluding hydrogens is 278 g/mol. The summed E-state index contributed by atoms with van der Waals surface area (Å²) in [5.41, 5.74) is 0. The highest BCUT2D eigenvalue weighted by molar-refractivity contribution is 7.89. The van der Waals surface area contributed by atoms with E-state index in [1.165, 1.54) is 10.4 Å². The summed E-state index contributed by atoms with van der Waals surface area (Å²) >= 11 is 5.65. The molecule has 1 unspecified atom stereocenters. The van der Waals surface area contributed by atoms with E-state index in [9.17, 15) is 8.42 Å². The van der Waals surface area contributed by atoms with E-state index in [1.807, 2.05) is 6.92 Å². The van der Waals surface area contributed by atoms with E-state index in [-0.39, 0.29) is 16.8 Å². The first kappa shape index (κ1) is 13.9. The summed E-state index contributed by atoms with van der Waals surface area (Å²) in [4.78, 5) is 0.201. The summed E-state index contributed by atoms with van der Waals surface area (Å²) in [6.07, 6.45) is 0. The first-order valence-corrected chi connectivity index (χ1v) is 7.69. The number of hydrogen-bond donors (Lipinski definition) is 0. The number of hydrogen-bond acceptors (Lipinski definition) is 4. The smallest absolute Gasteiger partial charge is 0.246 e. The molecule has 1 aliphatic heterocycles. The van der Waals surface area contributed by atoms with Crippen LogP contribution in [0.2, 0.25) is 0 Å². The van der Waals surface area contributed by atoms with Gasteiger partial charge in [0.2, 0.25) is 10.0 Å². The SMILES string of the molecule is Cc1oc(CCl)cc1S(=O)(=O)N1CCOCC1C.